The zero-order valence-electron chi connectivity index (χ0n) is 24.5. The molecule has 0 aromatic heterocycles. The molecule has 0 saturated carbocycles. The average molecular weight is 585 g/mol. The van der Waals surface area contributed by atoms with E-state index in [-0.39, 0.29) is 13.2 Å². The van der Waals surface area contributed by atoms with Gasteiger partial charge in [-0.2, -0.15) is 0 Å². The molecule has 0 aliphatic heterocycles. The highest BCUT2D eigenvalue weighted by Gasteiger charge is 2.11. The number of ether oxygens (including phenoxy) is 2. The highest BCUT2D eigenvalue weighted by Crippen LogP contribution is 2.37. The number of rotatable bonds is 8. The molecular formula is C41H28O4. The fourth-order valence-electron chi connectivity index (χ4n) is 6.62. The third kappa shape index (κ3) is 4.81. The van der Waals surface area contributed by atoms with E-state index in [0.717, 1.165) is 21.9 Å². The quantitative estimate of drug-likeness (QED) is 0.0772. The molecule has 0 bridgehead atoms. The van der Waals surface area contributed by atoms with Crippen LogP contribution in [0.4, 0.5) is 0 Å². The van der Waals surface area contributed by atoms with Crippen molar-refractivity contribution in [3.05, 3.63) is 132 Å². The lowest BCUT2D eigenvalue weighted by Crippen LogP contribution is -2.08. The molecule has 4 nitrogen and oxygen atoms in total. The summed E-state index contributed by atoms with van der Waals surface area (Å²) < 4.78 is 10.7. The normalized spacial score (nSPS) is 12.3. The molecule has 0 atom stereocenters. The van der Waals surface area contributed by atoms with E-state index in [2.05, 4.69) is 97.1 Å². The molecule has 216 valence electrons. The van der Waals surface area contributed by atoms with Gasteiger partial charge >= 0.3 is 11.9 Å². The molecule has 4 heteroatoms. The standard InChI is InChI=1S/C41H28O4/c42-36(22-18-26-8-10-32-14-12-28-4-1-6-30-16-20-34(26)40(32)38(28)30)44-24-3-25-45-37(43)23-19-27-9-11-33-15-13-29-5-2-7-31-17-21-35(27)41(33)39(29)31/h1-2,4-23H,3,24-25H2/b22-18+,23-19+. The Labute approximate surface area is 259 Å². The Bertz CT molecular complexity index is 2250. The molecule has 0 spiro atoms. The first kappa shape index (κ1) is 26.9. The minimum Gasteiger partial charge on any atom is -0.462 e. The van der Waals surface area contributed by atoms with E-state index in [1.54, 1.807) is 12.2 Å². The van der Waals surface area contributed by atoms with Gasteiger partial charge in [0.15, 0.2) is 0 Å². The first-order valence-corrected chi connectivity index (χ1v) is 15.2. The molecule has 0 N–H and O–H groups in total. The van der Waals surface area contributed by atoms with Crippen molar-refractivity contribution in [2.45, 2.75) is 6.42 Å². The number of esters is 2. The van der Waals surface area contributed by atoms with E-state index in [1.807, 2.05) is 12.1 Å². The van der Waals surface area contributed by atoms with Crippen LogP contribution in [0, 0.1) is 0 Å². The Kier molecular flexibility index (Phi) is 6.61. The third-order valence-electron chi connectivity index (χ3n) is 8.70. The van der Waals surface area contributed by atoms with E-state index in [4.69, 9.17) is 9.47 Å². The second-order valence-electron chi connectivity index (χ2n) is 11.4. The summed E-state index contributed by atoms with van der Waals surface area (Å²) in [4.78, 5) is 24.9. The molecule has 0 saturated heterocycles. The molecule has 0 unspecified atom stereocenters. The summed E-state index contributed by atoms with van der Waals surface area (Å²) >= 11 is 0. The van der Waals surface area contributed by atoms with Crippen molar-refractivity contribution in [1.82, 2.24) is 0 Å². The van der Waals surface area contributed by atoms with Crippen LogP contribution in [0.25, 0.3) is 76.8 Å². The van der Waals surface area contributed by atoms with E-state index in [9.17, 15) is 9.59 Å². The number of carbonyl (C=O) groups is 2. The average Bonchev–Trinajstić information content (AvgIpc) is 3.08. The summed E-state index contributed by atoms with van der Waals surface area (Å²) in [5, 5.41) is 14.3. The maximum absolute atomic E-state index is 12.4. The predicted octanol–water partition coefficient (Wildman–Crippen LogP) is 9.68. The molecule has 8 aromatic rings. The van der Waals surface area contributed by atoms with Crippen molar-refractivity contribution in [3.8, 4) is 0 Å². The van der Waals surface area contributed by atoms with E-state index >= 15 is 0 Å². The SMILES string of the molecule is O=C(/C=C/c1ccc2ccc3cccc4ccc1c2c34)OCCCOC(=O)/C=C/c1ccc2ccc3cccc4ccc1c2c34. The van der Waals surface area contributed by atoms with Crippen molar-refractivity contribution >= 4 is 88.7 Å². The van der Waals surface area contributed by atoms with Gasteiger partial charge in [-0.1, -0.05) is 109 Å². The summed E-state index contributed by atoms with van der Waals surface area (Å²) in [5.41, 5.74) is 1.92. The summed E-state index contributed by atoms with van der Waals surface area (Å²) in [5.74, 6) is -0.859. The van der Waals surface area contributed by atoms with Gasteiger partial charge in [-0.3, -0.25) is 0 Å². The summed E-state index contributed by atoms with van der Waals surface area (Å²) in [6.07, 6.45) is 6.93. The molecule has 0 aliphatic carbocycles. The van der Waals surface area contributed by atoms with Gasteiger partial charge in [-0.25, -0.2) is 9.59 Å². The molecular weight excluding hydrogens is 556 g/mol. The van der Waals surface area contributed by atoms with Crippen LogP contribution < -0.4 is 0 Å². The molecule has 45 heavy (non-hydrogen) atoms. The van der Waals surface area contributed by atoms with Crippen LogP contribution in [0.2, 0.25) is 0 Å². The Hall–Kier alpha value is -5.74. The maximum Gasteiger partial charge on any atom is 0.330 e. The van der Waals surface area contributed by atoms with Crippen LogP contribution in [0.5, 0.6) is 0 Å². The van der Waals surface area contributed by atoms with Crippen LogP contribution in [0.3, 0.4) is 0 Å². The second-order valence-corrected chi connectivity index (χ2v) is 11.4. The lowest BCUT2D eigenvalue weighted by atomic mass is 9.92. The predicted molar refractivity (Wildman–Crippen MR) is 185 cm³/mol. The van der Waals surface area contributed by atoms with Crippen LogP contribution in [-0.2, 0) is 19.1 Å². The molecule has 0 amide bonds. The second kappa shape index (κ2) is 11.1. The van der Waals surface area contributed by atoms with Crippen LogP contribution in [0.1, 0.15) is 17.5 Å². The zero-order valence-corrected chi connectivity index (χ0v) is 24.5. The van der Waals surface area contributed by atoms with Gasteiger partial charge in [-0.05, 0) is 87.9 Å². The number of hydrogen-bond donors (Lipinski definition) is 0. The Morgan fingerprint density at radius 1 is 0.444 bits per heavy atom. The third-order valence-corrected chi connectivity index (χ3v) is 8.70. The van der Waals surface area contributed by atoms with Crippen LogP contribution in [-0.4, -0.2) is 25.2 Å². The fraction of sp³-hybridized carbons (Fsp3) is 0.0732. The number of carbonyl (C=O) groups excluding carboxylic acids is 2. The summed E-state index contributed by atoms with van der Waals surface area (Å²) in [7, 11) is 0. The molecule has 0 aliphatic rings. The maximum atomic E-state index is 12.4. The van der Waals surface area contributed by atoms with Gasteiger partial charge in [0.25, 0.3) is 0 Å². The zero-order chi connectivity index (χ0) is 30.3. The number of benzene rings is 8. The van der Waals surface area contributed by atoms with Gasteiger partial charge in [0.05, 0.1) is 13.2 Å². The van der Waals surface area contributed by atoms with E-state index < -0.39 is 11.9 Å². The first-order chi connectivity index (χ1) is 22.1. The van der Waals surface area contributed by atoms with Gasteiger partial charge in [-0.15, -0.1) is 0 Å². The lowest BCUT2D eigenvalue weighted by Gasteiger charge is -2.12. The summed E-state index contributed by atoms with van der Waals surface area (Å²) in [6, 6.07) is 38.0. The lowest BCUT2D eigenvalue weighted by molar-refractivity contribution is -0.140. The van der Waals surface area contributed by atoms with Crippen molar-refractivity contribution in [1.29, 1.82) is 0 Å². The van der Waals surface area contributed by atoms with E-state index in [0.29, 0.717) is 6.42 Å². The van der Waals surface area contributed by atoms with Crippen molar-refractivity contribution < 1.29 is 19.1 Å². The molecule has 8 rings (SSSR count). The highest BCUT2D eigenvalue weighted by molar-refractivity contribution is 6.25. The highest BCUT2D eigenvalue weighted by atomic mass is 16.5. The molecule has 0 heterocycles. The van der Waals surface area contributed by atoms with Crippen LogP contribution >= 0.6 is 0 Å². The fourth-order valence-corrected chi connectivity index (χ4v) is 6.62. The van der Waals surface area contributed by atoms with Crippen molar-refractivity contribution in [3.63, 3.8) is 0 Å². The van der Waals surface area contributed by atoms with Gasteiger partial charge in [0, 0.05) is 18.6 Å². The topological polar surface area (TPSA) is 52.6 Å². The smallest absolute Gasteiger partial charge is 0.330 e. The minimum absolute atomic E-state index is 0.160. The monoisotopic (exact) mass is 584 g/mol. The molecule has 8 aromatic carbocycles. The van der Waals surface area contributed by atoms with Crippen molar-refractivity contribution in [2.24, 2.45) is 0 Å². The van der Waals surface area contributed by atoms with Gasteiger partial charge < -0.3 is 9.47 Å². The Balaban J connectivity index is 0.874. The molecule has 0 radical (unpaired) electrons. The number of hydrogen-bond acceptors (Lipinski definition) is 4. The van der Waals surface area contributed by atoms with E-state index in [1.165, 1.54) is 66.0 Å². The van der Waals surface area contributed by atoms with Crippen molar-refractivity contribution in [2.75, 3.05) is 13.2 Å². The Morgan fingerprint density at radius 2 is 0.800 bits per heavy atom. The van der Waals surface area contributed by atoms with Gasteiger partial charge in [0.1, 0.15) is 0 Å². The van der Waals surface area contributed by atoms with Gasteiger partial charge in [0.2, 0.25) is 0 Å². The Morgan fingerprint density at radius 3 is 1.22 bits per heavy atom. The summed E-state index contributed by atoms with van der Waals surface area (Å²) in [6.45, 7) is 0.321. The minimum atomic E-state index is -0.430. The first-order valence-electron chi connectivity index (χ1n) is 15.2. The largest absolute Gasteiger partial charge is 0.462 e. The molecule has 0 fully saturated rings. The van der Waals surface area contributed by atoms with Crippen LogP contribution in [0.15, 0.2) is 121 Å².